The topological polar surface area (TPSA) is 9.23 Å². The van der Waals surface area contributed by atoms with Gasteiger partial charge >= 0.3 is 0 Å². The predicted molar refractivity (Wildman–Crippen MR) is 66.6 cm³/mol. The van der Waals surface area contributed by atoms with Gasteiger partial charge in [0.05, 0.1) is 6.61 Å². The molecule has 1 aliphatic rings. The summed E-state index contributed by atoms with van der Waals surface area (Å²) in [7, 11) is 0. The highest BCUT2D eigenvalue weighted by Gasteiger charge is 2.28. The number of benzene rings is 1. The van der Waals surface area contributed by atoms with Crippen molar-refractivity contribution in [2.45, 2.75) is 30.5 Å². The lowest BCUT2D eigenvalue weighted by molar-refractivity contribution is 0.305. The quantitative estimate of drug-likeness (QED) is 0.560. The molecule has 0 aliphatic heterocycles. The van der Waals surface area contributed by atoms with E-state index in [9.17, 15) is 0 Å². The third-order valence-electron chi connectivity index (χ3n) is 2.77. The van der Waals surface area contributed by atoms with Gasteiger partial charge in [0.2, 0.25) is 0 Å². The molecule has 1 aromatic rings. The smallest absolute Gasteiger partial charge is 0.119 e. The summed E-state index contributed by atoms with van der Waals surface area (Å²) in [5.74, 6) is 1.93. The molecule has 0 spiro atoms. The fourth-order valence-electron chi connectivity index (χ4n) is 1.68. The molecular formula is C13H17BrO. The standard InChI is InChI=1S/C13H17BrO/c14-13(11-8-9-11)7-4-10-15-12-5-2-1-3-6-12/h1-3,5-6,11,13H,4,7-10H2. The van der Waals surface area contributed by atoms with E-state index in [0.29, 0.717) is 0 Å². The first kappa shape index (κ1) is 11.0. The van der Waals surface area contributed by atoms with E-state index in [0.717, 1.165) is 29.5 Å². The van der Waals surface area contributed by atoms with Crippen LogP contribution in [0.25, 0.3) is 0 Å². The first-order chi connectivity index (χ1) is 7.36. The van der Waals surface area contributed by atoms with Crippen LogP contribution in [0, 0.1) is 5.92 Å². The van der Waals surface area contributed by atoms with Crippen molar-refractivity contribution in [2.75, 3.05) is 6.61 Å². The number of hydrogen-bond donors (Lipinski definition) is 0. The predicted octanol–water partition coefficient (Wildman–Crippen LogP) is 4.02. The molecule has 0 saturated heterocycles. The van der Waals surface area contributed by atoms with Crippen molar-refractivity contribution in [1.82, 2.24) is 0 Å². The largest absolute Gasteiger partial charge is 0.494 e. The van der Waals surface area contributed by atoms with Crippen LogP contribution in [0.15, 0.2) is 30.3 Å². The molecule has 1 nitrogen and oxygen atoms in total. The van der Waals surface area contributed by atoms with Crippen LogP contribution in [-0.4, -0.2) is 11.4 Å². The Morgan fingerprint density at radius 3 is 2.67 bits per heavy atom. The van der Waals surface area contributed by atoms with Gasteiger partial charge in [0.25, 0.3) is 0 Å². The SMILES string of the molecule is BrC(CCCOc1ccccc1)C1CC1. The maximum absolute atomic E-state index is 5.64. The number of hydrogen-bond acceptors (Lipinski definition) is 1. The van der Waals surface area contributed by atoms with E-state index >= 15 is 0 Å². The van der Waals surface area contributed by atoms with Crippen molar-refractivity contribution in [2.24, 2.45) is 5.92 Å². The summed E-state index contributed by atoms with van der Waals surface area (Å²) < 4.78 is 5.64. The van der Waals surface area contributed by atoms with E-state index in [1.165, 1.54) is 19.3 Å². The molecule has 1 atom stereocenters. The van der Waals surface area contributed by atoms with E-state index in [1.54, 1.807) is 0 Å². The van der Waals surface area contributed by atoms with E-state index in [4.69, 9.17) is 4.74 Å². The van der Waals surface area contributed by atoms with Gasteiger partial charge in [-0.25, -0.2) is 0 Å². The molecule has 2 heteroatoms. The fourth-order valence-corrected chi connectivity index (χ4v) is 2.53. The van der Waals surface area contributed by atoms with Crippen LogP contribution in [-0.2, 0) is 0 Å². The number of alkyl halides is 1. The van der Waals surface area contributed by atoms with Gasteiger partial charge < -0.3 is 4.74 Å². The summed E-state index contributed by atoms with van der Waals surface area (Å²) in [6.45, 7) is 0.832. The Balaban J connectivity index is 1.58. The zero-order chi connectivity index (χ0) is 10.5. The molecule has 1 unspecified atom stereocenters. The zero-order valence-electron chi connectivity index (χ0n) is 8.86. The van der Waals surface area contributed by atoms with Crippen LogP contribution >= 0.6 is 15.9 Å². The molecule has 82 valence electrons. The summed E-state index contributed by atoms with van der Waals surface area (Å²) in [6.07, 6.45) is 5.20. The molecule has 0 radical (unpaired) electrons. The zero-order valence-corrected chi connectivity index (χ0v) is 10.4. The molecule has 1 aromatic carbocycles. The average molecular weight is 269 g/mol. The maximum atomic E-state index is 5.64. The normalized spacial score (nSPS) is 17.4. The molecule has 1 saturated carbocycles. The van der Waals surface area contributed by atoms with Gasteiger partial charge in [-0.2, -0.15) is 0 Å². The minimum absolute atomic E-state index is 0.719. The highest BCUT2D eigenvalue weighted by Crippen LogP contribution is 2.38. The Morgan fingerprint density at radius 2 is 2.00 bits per heavy atom. The lowest BCUT2D eigenvalue weighted by atomic mass is 10.2. The van der Waals surface area contributed by atoms with E-state index < -0.39 is 0 Å². The van der Waals surface area contributed by atoms with Crippen molar-refractivity contribution < 1.29 is 4.74 Å². The minimum atomic E-state index is 0.719. The lowest BCUT2D eigenvalue weighted by Gasteiger charge is -2.09. The first-order valence-electron chi connectivity index (χ1n) is 5.68. The van der Waals surface area contributed by atoms with E-state index in [2.05, 4.69) is 15.9 Å². The molecule has 0 amide bonds. The average Bonchev–Trinajstić information content (AvgIpc) is 3.09. The fraction of sp³-hybridized carbons (Fsp3) is 0.538. The van der Waals surface area contributed by atoms with Gasteiger partial charge in [-0.15, -0.1) is 0 Å². The molecule has 0 N–H and O–H groups in total. The van der Waals surface area contributed by atoms with Crippen LogP contribution in [0.3, 0.4) is 0 Å². The Kier molecular flexibility index (Phi) is 4.07. The molecule has 1 fully saturated rings. The Hall–Kier alpha value is -0.500. The Bertz CT molecular complexity index is 282. The van der Waals surface area contributed by atoms with Gasteiger partial charge in [-0.1, -0.05) is 34.1 Å². The van der Waals surface area contributed by atoms with Crippen LogP contribution in [0.2, 0.25) is 0 Å². The summed E-state index contributed by atoms with van der Waals surface area (Å²) in [4.78, 5) is 0.719. The molecule has 0 heterocycles. The van der Waals surface area contributed by atoms with Crippen molar-refractivity contribution in [3.8, 4) is 5.75 Å². The highest BCUT2D eigenvalue weighted by molar-refractivity contribution is 9.09. The Labute approximate surface area is 100.0 Å². The van der Waals surface area contributed by atoms with E-state index in [1.807, 2.05) is 30.3 Å². The summed E-state index contributed by atoms with van der Waals surface area (Å²) in [5, 5.41) is 0. The minimum Gasteiger partial charge on any atom is -0.494 e. The number of para-hydroxylation sites is 1. The molecule has 0 bridgehead atoms. The number of halogens is 1. The third kappa shape index (κ3) is 3.86. The number of rotatable bonds is 6. The second-order valence-electron chi connectivity index (χ2n) is 4.16. The van der Waals surface area contributed by atoms with Crippen LogP contribution in [0.4, 0.5) is 0 Å². The summed E-state index contributed by atoms with van der Waals surface area (Å²) in [6, 6.07) is 10.0. The van der Waals surface area contributed by atoms with Gasteiger partial charge in [-0.3, -0.25) is 0 Å². The first-order valence-corrected chi connectivity index (χ1v) is 6.60. The Morgan fingerprint density at radius 1 is 1.27 bits per heavy atom. The third-order valence-corrected chi connectivity index (χ3v) is 3.98. The molecule has 15 heavy (non-hydrogen) atoms. The van der Waals surface area contributed by atoms with Crippen molar-refractivity contribution in [3.05, 3.63) is 30.3 Å². The maximum Gasteiger partial charge on any atom is 0.119 e. The molecule has 1 aliphatic carbocycles. The lowest BCUT2D eigenvalue weighted by Crippen LogP contribution is -2.04. The van der Waals surface area contributed by atoms with Gasteiger partial charge in [-0.05, 0) is 43.7 Å². The van der Waals surface area contributed by atoms with Gasteiger partial charge in [0.15, 0.2) is 0 Å². The van der Waals surface area contributed by atoms with E-state index in [-0.39, 0.29) is 0 Å². The second kappa shape index (κ2) is 5.55. The summed E-state index contributed by atoms with van der Waals surface area (Å²) in [5.41, 5.74) is 0. The molecular weight excluding hydrogens is 252 g/mol. The second-order valence-corrected chi connectivity index (χ2v) is 5.33. The van der Waals surface area contributed by atoms with Crippen molar-refractivity contribution >= 4 is 15.9 Å². The van der Waals surface area contributed by atoms with Crippen molar-refractivity contribution in [1.29, 1.82) is 0 Å². The van der Waals surface area contributed by atoms with Crippen LogP contribution in [0.5, 0.6) is 5.75 Å². The number of ether oxygens (including phenoxy) is 1. The summed E-state index contributed by atoms with van der Waals surface area (Å²) >= 11 is 3.74. The van der Waals surface area contributed by atoms with Crippen LogP contribution < -0.4 is 4.74 Å². The molecule has 2 rings (SSSR count). The van der Waals surface area contributed by atoms with Gasteiger partial charge in [0, 0.05) is 4.83 Å². The molecule has 0 aromatic heterocycles. The van der Waals surface area contributed by atoms with Crippen LogP contribution in [0.1, 0.15) is 25.7 Å². The highest BCUT2D eigenvalue weighted by atomic mass is 79.9. The van der Waals surface area contributed by atoms with Gasteiger partial charge in [0.1, 0.15) is 5.75 Å². The van der Waals surface area contributed by atoms with Crippen molar-refractivity contribution in [3.63, 3.8) is 0 Å². The monoisotopic (exact) mass is 268 g/mol.